The summed E-state index contributed by atoms with van der Waals surface area (Å²) in [6.07, 6.45) is 1.12. The quantitative estimate of drug-likeness (QED) is 0.613. The minimum absolute atomic E-state index is 0.109. The summed E-state index contributed by atoms with van der Waals surface area (Å²) >= 11 is 0. The largest absolute Gasteiger partial charge is 0.345 e. The van der Waals surface area contributed by atoms with Gasteiger partial charge in [-0.2, -0.15) is 0 Å². The third-order valence-electron chi connectivity index (χ3n) is 4.70. The predicted molar refractivity (Wildman–Crippen MR) is 116 cm³/mol. The van der Waals surface area contributed by atoms with Crippen LogP contribution in [0, 0.1) is 5.82 Å². The zero-order valence-corrected chi connectivity index (χ0v) is 17.6. The average molecular weight is 427 g/mol. The maximum Gasteiger partial charge on any atom is 0.253 e. The Kier molecular flexibility index (Phi) is 6.52. The number of amides is 1. The molecule has 0 aliphatic carbocycles. The van der Waals surface area contributed by atoms with Crippen molar-refractivity contribution in [3.8, 4) is 0 Å². The first kappa shape index (κ1) is 21.5. The standard InChI is InChI=1S/C23H23FN2O3S/c1-17(19-12-14-20(24)15-13-19)25-23(27)21-10-6-7-11-22(21)26(30(2,28)29)16-18-8-4-3-5-9-18/h3-15,17H,16H2,1-2H3,(H,25,27). The summed E-state index contributed by atoms with van der Waals surface area (Å²) in [5, 5.41) is 2.86. The minimum Gasteiger partial charge on any atom is -0.345 e. The number of rotatable bonds is 7. The van der Waals surface area contributed by atoms with Gasteiger partial charge in [-0.05, 0) is 42.3 Å². The molecule has 0 saturated carbocycles. The summed E-state index contributed by atoms with van der Waals surface area (Å²) in [4.78, 5) is 13.0. The number of hydrogen-bond donors (Lipinski definition) is 1. The lowest BCUT2D eigenvalue weighted by Gasteiger charge is -2.25. The van der Waals surface area contributed by atoms with Gasteiger partial charge in [0.05, 0.1) is 30.1 Å². The second-order valence-corrected chi connectivity index (χ2v) is 8.93. The Labute approximate surface area is 176 Å². The van der Waals surface area contributed by atoms with E-state index in [0.717, 1.165) is 17.4 Å². The smallest absolute Gasteiger partial charge is 0.253 e. The molecular formula is C23H23FN2O3S. The van der Waals surface area contributed by atoms with Crippen molar-refractivity contribution in [3.63, 3.8) is 0 Å². The highest BCUT2D eigenvalue weighted by Gasteiger charge is 2.24. The highest BCUT2D eigenvalue weighted by molar-refractivity contribution is 7.92. The zero-order valence-electron chi connectivity index (χ0n) is 16.7. The monoisotopic (exact) mass is 426 g/mol. The number of hydrogen-bond acceptors (Lipinski definition) is 3. The first-order valence-corrected chi connectivity index (χ1v) is 11.3. The summed E-state index contributed by atoms with van der Waals surface area (Å²) in [5.74, 6) is -0.767. The van der Waals surface area contributed by atoms with Crippen molar-refractivity contribution in [2.45, 2.75) is 19.5 Å². The van der Waals surface area contributed by atoms with Gasteiger partial charge in [-0.3, -0.25) is 9.10 Å². The van der Waals surface area contributed by atoms with E-state index in [0.29, 0.717) is 5.69 Å². The molecule has 0 aliphatic heterocycles. The molecule has 1 N–H and O–H groups in total. The number of nitrogens with zero attached hydrogens (tertiary/aromatic N) is 1. The van der Waals surface area contributed by atoms with Crippen molar-refractivity contribution in [2.24, 2.45) is 0 Å². The van der Waals surface area contributed by atoms with E-state index >= 15 is 0 Å². The summed E-state index contributed by atoms with van der Waals surface area (Å²) in [7, 11) is -3.65. The summed E-state index contributed by atoms with van der Waals surface area (Å²) in [5.41, 5.74) is 2.09. The average Bonchev–Trinajstić information content (AvgIpc) is 2.72. The van der Waals surface area contributed by atoms with Crippen LogP contribution >= 0.6 is 0 Å². The van der Waals surface area contributed by atoms with Crippen LogP contribution < -0.4 is 9.62 Å². The fraction of sp³-hybridized carbons (Fsp3) is 0.174. The highest BCUT2D eigenvalue weighted by Crippen LogP contribution is 2.26. The zero-order chi connectivity index (χ0) is 21.7. The van der Waals surface area contributed by atoms with Crippen molar-refractivity contribution in [2.75, 3.05) is 10.6 Å². The third-order valence-corrected chi connectivity index (χ3v) is 5.83. The van der Waals surface area contributed by atoms with E-state index in [1.165, 1.54) is 16.4 Å². The first-order chi connectivity index (χ1) is 14.3. The molecule has 0 aliphatic rings. The molecule has 3 rings (SSSR count). The normalized spacial score (nSPS) is 12.2. The Morgan fingerprint density at radius 2 is 1.57 bits per heavy atom. The second-order valence-electron chi connectivity index (χ2n) is 7.02. The Balaban J connectivity index is 1.91. The molecule has 0 aromatic heterocycles. The molecule has 1 unspecified atom stereocenters. The topological polar surface area (TPSA) is 66.5 Å². The lowest BCUT2D eigenvalue weighted by Crippen LogP contribution is -2.33. The Bertz CT molecular complexity index is 1120. The Morgan fingerprint density at radius 3 is 2.20 bits per heavy atom. The van der Waals surface area contributed by atoms with Crippen LogP contribution in [0.25, 0.3) is 0 Å². The molecule has 3 aromatic rings. The number of sulfonamides is 1. The number of para-hydroxylation sites is 1. The summed E-state index contributed by atoms with van der Waals surface area (Å²) in [6, 6.07) is 21.2. The number of carbonyl (C=O) groups excluding carboxylic acids is 1. The highest BCUT2D eigenvalue weighted by atomic mass is 32.2. The number of carbonyl (C=O) groups is 1. The molecule has 5 nitrogen and oxygen atoms in total. The number of halogens is 1. The molecule has 0 fully saturated rings. The molecular weight excluding hydrogens is 403 g/mol. The predicted octanol–water partition coefficient (Wildman–Crippen LogP) is 4.28. The molecule has 156 valence electrons. The number of nitrogens with one attached hydrogen (secondary N) is 1. The summed E-state index contributed by atoms with van der Waals surface area (Å²) < 4.78 is 39.5. The van der Waals surface area contributed by atoms with Crippen LogP contribution in [-0.4, -0.2) is 20.6 Å². The van der Waals surface area contributed by atoms with Gasteiger partial charge in [0, 0.05) is 0 Å². The fourth-order valence-corrected chi connectivity index (χ4v) is 4.02. The van der Waals surface area contributed by atoms with Crippen LogP contribution in [0.4, 0.5) is 10.1 Å². The van der Waals surface area contributed by atoms with E-state index in [2.05, 4.69) is 5.32 Å². The lowest BCUT2D eigenvalue weighted by molar-refractivity contribution is 0.0940. The van der Waals surface area contributed by atoms with Crippen molar-refractivity contribution >= 4 is 21.6 Å². The summed E-state index contributed by atoms with van der Waals surface area (Å²) in [6.45, 7) is 1.89. The van der Waals surface area contributed by atoms with E-state index in [4.69, 9.17) is 0 Å². The maximum absolute atomic E-state index is 13.2. The van der Waals surface area contributed by atoms with E-state index in [9.17, 15) is 17.6 Å². The molecule has 3 aromatic carbocycles. The van der Waals surface area contributed by atoms with Crippen LogP contribution in [0.15, 0.2) is 78.9 Å². The van der Waals surface area contributed by atoms with Crippen LogP contribution in [-0.2, 0) is 16.6 Å². The van der Waals surface area contributed by atoms with Crippen molar-refractivity contribution in [3.05, 3.63) is 101 Å². The van der Waals surface area contributed by atoms with Gasteiger partial charge in [-0.1, -0.05) is 54.6 Å². The Hall–Kier alpha value is -3.19. The fourth-order valence-electron chi connectivity index (χ4n) is 3.12. The lowest BCUT2D eigenvalue weighted by atomic mass is 10.1. The first-order valence-electron chi connectivity index (χ1n) is 9.42. The number of anilines is 1. The van der Waals surface area contributed by atoms with Crippen LogP contribution in [0.2, 0.25) is 0 Å². The van der Waals surface area contributed by atoms with E-state index in [1.54, 1.807) is 43.3 Å². The molecule has 1 amide bonds. The van der Waals surface area contributed by atoms with Crippen LogP contribution in [0.3, 0.4) is 0 Å². The van der Waals surface area contributed by atoms with E-state index in [-0.39, 0.29) is 24.0 Å². The molecule has 1 atom stereocenters. The Morgan fingerprint density at radius 1 is 0.967 bits per heavy atom. The van der Waals surface area contributed by atoms with E-state index < -0.39 is 15.9 Å². The molecule has 0 radical (unpaired) electrons. The van der Waals surface area contributed by atoms with Gasteiger partial charge in [-0.25, -0.2) is 12.8 Å². The molecule has 0 bridgehead atoms. The van der Waals surface area contributed by atoms with Crippen molar-refractivity contribution in [1.29, 1.82) is 0 Å². The van der Waals surface area contributed by atoms with Gasteiger partial charge in [-0.15, -0.1) is 0 Å². The van der Waals surface area contributed by atoms with Crippen molar-refractivity contribution < 1.29 is 17.6 Å². The van der Waals surface area contributed by atoms with Gasteiger partial charge >= 0.3 is 0 Å². The molecule has 0 spiro atoms. The van der Waals surface area contributed by atoms with Crippen molar-refractivity contribution in [1.82, 2.24) is 5.32 Å². The van der Waals surface area contributed by atoms with Gasteiger partial charge in [0.2, 0.25) is 10.0 Å². The van der Waals surface area contributed by atoms with Gasteiger partial charge in [0.15, 0.2) is 0 Å². The molecule has 30 heavy (non-hydrogen) atoms. The van der Waals surface area contributed by atoms with Gasteiger partial charge in [0.25, 0.3) is 5.91 Å². The molecule has 0 saturated heterocycles. The van der Waals surface area contributed by atoms with Gasteiger partial charge in [0.1, 0.15) is 5.82 Å². The SMILES string of the molecule is CC(NC(=O)c1ccccc1N(Cc1ccccc1)S(C)(=O)=O)c1ccc(F)cc1. The number of benzene rings is 3. The third kappa shape index (κ3) is 5.24. The maximum atomic E-state index is 13.2. The van der Waals surface area contributed by atoms with Crippen LogP contribution in [0.5, 0.6) is 0 Å². The minimum atomic E-state index is -3.65. The second kappa shape index (κ2) is 9.09. The molecule has 0 heterocycles. The van der Waals surface area contributed by atoms with E-state index in [1.807, 2.05) is 30.3 Å². The van der Waals surface area contributed by atoms with Crippen LogP contribution in [0.1, 0.15) is 34.5 Å². The molecule has 7 heteroatoms. The van der Waals surface area contributed by atoms with Gasteiger partial charge < -0.3 is 5.32 Å².